The van der Waals surface area contributed by atoms with Gasteiger partial charge < -0.3 is 15.0 Å². The maximum absolute atomic E-state index is 12.4. The second-order valence-corrected chi connectivity index (χ2v) is 8.78. The van der Waals surface area contributed by atoms with Crippen LogP contribution in [0.2, 0.25) is 0 Å². The smallest absolute Gasteiger partial charge is 0.222 e. The zero-order valence-electron chi connectivity index (χ0n) is 17.9. The SMILES string of the molecule is COc1cccc(CNCC[C@H]2CCC(=O)N2CCc2nc(-c3ccccc3)cs2)c1. The topological polar surface area (TPSA) is 54.5 Å². The molecule has 0 unspecified atom stereocenters. The molecule has 3 aromatic rings. The number of amides is 1. The van der Waals surface area contributed by atoms with Crippen LogP contribution in [0.4, 0.5) is 0 Å². The highest BCUT2D eigenvalue weighted by atomic mass is 32.1. The van der Waals surface area contributed by atoms with Crippen molar-refractivity contribution < 1.29 is 9.53 Å². The molecule has 1 aliphatic rings. The lowest BCUT2D eigenvalue weighted by atomic mass is 10.1. The Hall–Kier alpha value is -2.70. The molecule has 31 heavy (non-hydrogen) atoms. The molecule has 0 aliphatic carbocycles. The Bertz CT molecular complexity index is 989. The highest BCUT2D eigenvalue weighted by Gasteiger charge is 2.30. The molecule has 2 aromatic carbocycles. The molecule has 1 saturated heterocycles. The molecule has 1 fully saturated rings. The van der Waals surface area contributed by atoms with Gasteiger partial charge in [0.05, 0.1) is 17.8 Å². The second kappa shape index (κ2) is 10.6. The molecule has 162 valence electrons. The summed E-state index contributed by atoms with van der Waals surface area (Å²) in [5.74, 6) is 1.15. The fourth-order valence-corrected chi connectivity index (χ4v) is 4.86. The van der Waals surface area contributed by atoms with Crippen molar-refractivity contribution in [2.45, 2.75) is 38.3 Å². The van der Waals surface area contributed by atoms with E-state index in [9.17, 15) is 4.79 Å². The van der Waals surface area contributed by atoms with Crippen molar-refractivity contribution in [1.82, 2.24) is 15.2 Å². The number of likely N-dealkylation sites (tertiary alicyclic amines) is 1. The number of thiazole rings is 1. The Morgan fingerprint density at radius 1 is 1.19 bits per heavy atom. The van der Waals surface area contributed by atoms with Crippen LogP contribution in [0.1, 0.15) is 29.8 Å². The molecule has 0 spiro atoms. The van der Waals surface area contributed by atoms with Gasteiger partial charge in [-0.3, -0.25) is 4.79 Å². The Kier molecular flexibility index (Phi) is 7.33. The normalized spacial score (nSPS) is 16.1. The fourth-order valence-electron chi connectivity index (χ4n) is 4.07. The fraction of sp³-hybridized carbons (Fsp3) is 0.360. The number of carbonyl (C=O) groups excluding carboxylic acids is 1. The van der Waals surface area contributed by atoms with Gasteiger partial charge in [0.25, 0.3) is 0 Å². The quantitative estimate of drug-likeness (QED) is 0.475. The molecule has 0 bridgehead atoms. The maximum atomic E-state index is 12.4. The van der Waals surface area contributed by atoms with E-state index >= 15 is 0 Å². The first kappa shape index (κ1) is 21.5. The number of aromatic nitrogens is 1. The average Bonchev–Trinajstić information content (AvgIpc) is 3.42. The van der Waals surface area contributed by atoms with Crippen LogP contribution in [0.5, 0.6) is 5.75 Å². The molecule has 0 radical (unpaired) electrons. The summed E-state index contributed by atoms with van der Waals surface area (Å²) in [4.78, 5) is 19.3. The number of carbonyl (C=O) groups is 1. The molecule has 5 nitrogen and oxygen atoms in total. The molecule has 6 heteroatoms. The highest BCUT2D eigenvalue weighted by Crippen LogP contribution is 2.25. The lowest BCUT2D eigenvalue weighted by Crippen LogP contribution is -2.36. The Balaban J connectivity index is 1.25. The van der Waals surface area contributed by atoms with E-state index in [0.29, 0.717) is 12.5 Å². The van der Waals surface area contributed by atoms with Crippen LogP contribution in [0.25, 0.3) is 11.3 Å². The average molecular weight is 436 g/mol. The van der Waals surface area contributed by atoms with Crippen LogP contribution >= 0.6 is 11.3 Å². The van der Waals surface area contributed by atoms with E-state index in [1.807, 2.05) is 30.3 Å². The summed E-state index contributed by atoms with van der Waals surface area (Å²) in [6, 6.07) is 18.7. The predicted molar refractivity (Wildman–Crippen MR) is 125 cm³/mol. The Labute approximate surface area is 188 Å². The largest absolute Gasteiger partial charge is 0.497 e. The van der Waals surface area contributed by atoms with Gasteiger partial charge >= 0.3 is 0 Å². The first-order valence-electron chi connectivity index (χ1n) is 10.9. The molecule has 1 N–H and O–H groups in total. The van der Waals surface area contributed by atoms with Gasteiger partial charge in [-0.15, -0.1) is 11.3 Å². The Morgan fingerprint density at radius 2 is 2.06 bits per heavy atom. The van der Waals surface area contributed by atoms with Gasteiger partial charge in [0.1, 0.15) is 5.75 Å². The minimum Gasteiger partial charge on any atom is -0.497 e. The number of hydrogen-bond acceptors (Lipinski definition) is 5. The van der Waals surface area contributed by atoms with Crippen molar-refractivity contribution in [3.8, 4) is 17.0 Å². The minimum absolute atomic E-state index is 0.276. The van der Waals surface area contributed by atoms with E-state index in [1.165, 1.54) is 5.56 Å². The summed E-state index contributed by atoms with van der Waals surface area (Å²) in [6.07, 6.45) is 3.40. The lowest BCUT2D eigenvalue weighted by molar-refractivity contribution is -0.129. The van der Waals surface area contributed by atoms with Crippen molar-refractivity contribution in [1.29, 1.82) is 0 Å². The summed E-state index contributed by atoms with van der Waals surface area (Å²) in [5.41, 5.74) is 3.37. The first-order valence-corrected chi connectivity index (χ1v) is 11.7. The lowest BCUT2D eigenvalue weighted by Gasteiger charge is -2.24. The number of hydrogen-bond donors (Lipinski definition) is 1. The van der Waals surface area contributed by atoms with Crippen molar-refractivity contribution >= 4 is 17.2 Å². The van der Waals surface area contributed by atoms with Gasteiger partial charge in [0.2, 0.25) is 5.91 Å². The third-order valence-corrected chi connectivity index (χ3v) is 6.67. The standard InChI is InChI=1S/C25H29N3O2S/c1-30-22-9-5-6-19(16-22)17-26-14-12-21-10-11-25(29)28(21)15-13-24-27-23(18-31-24)20-7-3-2-4-8-20/h2-9,16,18,21,26H,10-15,17H2,1H3/t21-/m1/s1. The molecule has 0 saturated carbocycles. The second-order valence-electron chi connectivity index (χ2n) is 7.84. The van der Waals surface area contributed by atoms with Crippen LogP contribution in [0.3, 0.4) is 0 Å². The summed E-state index contributed by atoms with van der Waals surface area (Å²) in [5, 5.41) is 6.71. The van der Waals surface area contributed by atoms with Gasteiger partial charge in [0, 0.05) is 42.9 Å². The van der Waals surface area contributed by atoms with Crippen molar-refractivity contribution in [2.24, 2.45) is 0 Å². The van der Waals surface area contributed by atoms with E-state index < -0.39 is 0 Å². The number of rotatable bonds is 10. The molecule has 2 heterocycles. The van der Waals surface area contributed by atoms with Crippen LogP contribution in [0.15, 0.2) is 60.0 Å². The van der Waals surface area contributed by atoms with Gasteiger partial charge in [-0.1, -0.05) is 42.5 Å². The summed E-state index contributed by atoms with van der Waals surface area (Å²) in [6.45, 7) is 2.45. The van der Waals surface area contributed by atoms with Crippen LogP contribution in [0, 0.1) is 0 Å². The highest BCUT2D eigenvalue weighted by molar-refractivity contribution is 7.09. The van der Waals surface area contributed by atoms with Crippen LogP contribution in [-0.2, 0) is 17.8 Å². The van der Waals surface area contributed by atoms with E-state index in [0.717, 1.165) is 60.9 Å². The number of methoxy groups -OCH3 is 1. The summed E-state index contributed by atoms with van der Waals surface area (Å²) < 4.78 is 5.28. The van der Waals surface area contributed by atoms with E-state index in [-0.39, 0.29) is 5.91 Å². The maximum Gasteiger partial charge on any atom is 0.222 e. The van der Waals surface area contributed by atoms with Crippen molar-refractivity contribution in [3.63, 3.8) is 0 Å². The first-order chi connectivity index (χ1) is 15.2. The van der Waals surface area contributed by atoms with E-state index in [1.54, 1.807) is 18.4 Å². The van der Waals surface area contributed by atoms with Crippen LogP contribution in [-0.4, -0.2) is 42.0 Å². The third kappa shape index (κ3) is 5.71. The molecule has 1 atom stereocenters. The zero-order chi connectivity index (χ0) is 21.5. The minimum atomic E-state index is 0.276. The predicted octanol–water partition coefficient (Wildman–Crippen LogP) is 4.53. The number of benzene rings is 2. The molecule has 1 aromatic heterocycles. The van der Waals surface area contributed by atoms with Crippen molar-refractivity contribution in [3.05, 3.63) is 70.5 Å². The van der Waals surface area contributed by atoms with Gasteiger partial charge in [-0.05, 0) is 37.1 Å². The molecule has 4 rings (SSSR count). The Morgan fingerprint density at radius 3 is 2.90 bits per heavy atom. The number of ether oxygens (including phenoxy) is 1. The van der Waals surface area contributed by atoms with E-state index in [2.05, 4.69) is 39.9 Å². The van der Waals surface area contributed by atoms with Crippen LogP contribution < -0.4 is 10.1 Å². The number of nitrogens with one attached hydrogen (secondary N) is 1. The van der Waals surface area contributed by atoms with Gasteiger partial charge in [0.15, 0.2) is 0 Å². The molecule has 1 amide bonds. The monoisotopic (exact) mass is 435 g/mol. The molecular formula is C25H29N3O2S. The van der Waals surface area contributed by atoms with Gasteiger partial charge in [-0.2, -0.15) is 0 Å². The summed E-state index contributed by atoms with van der Waals surface area (Å²) in [7, 11) is 1.69. The van der Waals surface area contributed by atoms with Crippen molar-refractivity contribution in [2.75, 3.05) is 20.2 Å². The van der Waals surface area contributed by atoms with E-state index in [4.69, 9.17) is 9.72 Å². The summed E-state index contributed by atoms with van der Waals surface area (Å²) >= 11 is 1.68. The van der Waals surface area contributed by atoms with Gasteiger partial charge in [-0.25, -0.2) is 4.98 Å². The molecule has 1 aliphatic heterocycles. The third-order valence-electron chi connectivity index (χ3n) is 5.76. The molecular weight excluding hydrogens is 406 g/mol. The zero-order valence-corrected chi connectivity index (χ0v) is 18.7. The number of nitrogens with zero attached hydrogens (tertiary/aromatic N) is 2.